The van der Waals surface area contributed by atoms with Crippen LogP contribution < -0.4 is 4.74 Å². The van der Waals surface area contributed by atoms with Crippen molar-refractivity contribution in [3.05, 3.63) is 23.8 Å². The molecule has 1 aromatic rings. The number of carboxylic acid groups (broad SMARTS) is 1. The van der Waals surface area contributed by atoms with Gasteiger partial charge in [-0.1, -0.05) is 6.07 Å². The lowest BCUT2D eigenvalue weighted by molar-refractivity contribution is -0.150. The highest BCUT2D eigenvalue weighted by atomic mass is 16.5. The van der Waals surface area contributed by atoms with Crippen LogP contribution in [0.25, 0.3) is 0 Å². The summed E-state index contributed by atoms with van der Waals surface area (Å²) in [6, 6.07) is 4.25. The van der Waals surface area contributed by atoms with Crippen LogP contribution in [-0.4, -0.2) is 28.4 Å². The summed E-state index contributed by atoms with van der Waals surface area (Å²) in [6.07, 6.45) is 0. The molecule has 2 atom stereocenters. The van der Waals surface area contributed by atoms with Crippen molar-refractivity contribution in [2.75, 3.05) is 7.11 Å². The van der Waals surface area contributed by atoms with Crippen LogP contribution in [0.4, 0.5) is 0 Å². The van der Waals surface area contributed by atoms with Gasteiger partial charge >= 0.3 is 5.97 Å². The SMILES string of the molecule is COc1cc(C(C)(O)C(C)C(=O)O)ccc1O. The minimum atomic E-state index is -1.53. The maximum Gasteiger partial charge on any atom is 0.309 e. The number of phenolic OH excluding ortho intramolecular Hbond substituents is 1. The molecular weight excluding hydrogens is 224 g/mol. The molecule has 0 saturated carbocycles. The van der Waals surface area contributed by atoms with Gasteiger partial charge in [0, 0.05) is 0 Å². The molecule has 0 aliphatic carbocycles. The molecule has 5 nitrogen and oxygen atoms in total. The zero-order chi connectivity index (χ0) is 13.2. The Labute approximate surface area is 99.3 Å². The number of carboxylic acids is 1. The maximum absolute atomic E-state index is 10.9. The van der Waals surface area contributed by atoms with Gasteiger partial charge in [-0.2, -0.15) is 0 Å². The fourth-order valence-electron chi connectivity index (χ4n) is 1.48. The second kappa shape index (κ2) is 4.63. The number of hydrogen-bond acceptors (Lipinski definition) is 4. The van der Waals surface area contributed by atoms with E-state index in [1.165, 1.54) is 39.2 Å². The van der Waals surface area contributed by atoms with Crippen LogP contribution in [0.3, 0.4) is 0 Å². The van der Waals surface area contributed by atoms with Crippen LogP contribution in [0.2, 0.25) is 0 Å². The van der Waals surface area contributed by atoms with Gasteiger partial charge in [-0.05, 0) is 31.5 Å². The minimum absolute atomic E-state index is 0.0602. The lowest BCUT2D eigenvalue weighted by Crippen LogP contribution is -2.35. The molecule has 0 aliphatic rings. The van der Waals surface area contributed by atoms with Crippen molar-refractivity contribution in [2.45, 2.75) is 19.4 Å². The number of ether oxygens (including phenoxy) is 1. The van der Waals surface area contributed by atoms with Crippen LogP contribution in [0.1, 0.15) is 19.4 Å². The summed E-state index contributed by atoms with van der Waals surface area (Å²) in [5, 5.41) is 28.6. The van der Waals surface area contributed by atoms with E-state index in [2.05, 4.69) is 0 Å². The molecular formula is C12H16O5. The largest absolute Gasteiger partial charge is 0.504 e. The summed E-state index contributed by atoms with van der Waals surface area (Å²) in [6.45, 7) is 2.83. The predicted octanol–water partition coefficient (Wildman–Crippen LogP) is 1.33. The Balaban J connectivity index is 3.19. The molecule has 0 saturated heterocycles. The van der Waals surface area contributed by atoms with Gasteiger partial charge in [0.05, 0.1) is 18.6 Å². The van der Waals surface area contributed by atoms with E-state index in [1.807, 2.05) is 0 Å². The van der Waals surface area contributed by atoms with Gasteiger partial charge < -0.3 is 20.1 Å². The highest BCUT2D eigenvalue weighted by molar-refractivity contribution is 5.71. The Kier molecular flexibility index (Phi) is 3.63. The number of phenols is 1. The Morgan fingerprint density at radius 3 is 2.53 bits per heavy atom. The van der Waals surface area contributed by atoms with Gasteiger partial charge in [-0.25, -0.2) is 0 Å². The predicted molar refractivity (Wildman–Crippen MR) is 61.0 cm³/mol. The van der Waals surface area contributed by atoms with Gasteiger partial charge in [0.2, 0.25) is 0 Å². The van der Waals surface area contributed by atoms with Gasteiger partial charge in [0.1, 0.15) is 0 Å². The van der Waals surface area contributed by atoms with Gasteiger partial charge in [0.25, 0.3) is 0 Å². The van der Waals surface area contributed by atoms with Crippen molar-refractivity contribution in [3.8, 4) is 11.5 Å². The quantitative estimate of drug-likeness (QED) is 0.739. The number of hydrogen-bond donors (Lipinski definition) is 3. The average Bonchev–Trinajstić information content (AvgIpc) is 2.28. The van der Waals surface area contributed by atoms with E-state index in [4.69, 9.17) is 9.84 Å². The van der Waals surface area contributed by atoms with Crippen LogP contribution in [0, 0.1) is 5.92 Å². The number of aliphatic hydroxyl groups is 1. The number of carbonyl (C=O) groups is 1. The Bertz CT molecular complexity index is 425. The molecule has 5 heteroatoms. The van der Waals surface area contributed by atoms with E-state index < -0.39 is 17.5 Å². The van der Waals surface area contributed by atoms with Gasteiger partial charge in [-0.15, -0.1) is 0 Å². The zero-order valence-corrected chi connectivity index (χ0v) is 9.97. The van der Waals surface area contributed by atoms with E-state index in [-0.39, 0.29) is 11.5 Å². The summed E-state index contributed by atoms with van der Waals surface area (Å²) in [7, 11) is 1.38. The molecule has 0 aliphatic heterocycles. The number of aromatic hydroxyl groups is 1. The topological polar surface area (TPSA) is 87.0 Å². The number of benzene rings is 1. The molecule has 3 N–H and O–H groups in total. The van der Waals surface area contributed by atoms with E-state index in [1.54, 1.807) is 0 Å². The third-order valence-corrected chi connectivity index (χ3v) is 2.98. The molecule has 0 bridgehead atoms. The lowest BCUT2D eigenvalue weighted by Gasteiger charge is -2.28. The molecule has 94 valence electrons. The molecule has 0 amide bonds. The van der Waals surface area contributed by atoms with Crippen LogP contribution in [0.5, 0.6) is 11.5 Å². The van der Waals surface area contributed by atoms with Crippen molar-refractivity contribution in [3.63, 3.8) is 0 Å². The molecule has 1 aromatic carbocycles. The Morgan fingerprint density at radius 1 is 1.47 bits per heavy atom. The molecule has 0 spiro atoms. The second-order valence-corrected chi connectivity index (χ2v) is 4.09. The summed E-state index contributed by atoms with van der Waals surface area (Å²) in [5.74, 6) is -1.94. The van der Waals surface area contributed by atoms with Crippen molar-refractivity contribution in [1.82, 2.24) is 0 Å². The minimum Gasteiger partial charge on any atom is -0.504 e. The van der Waals surface area contributed by atoms with Crippen molar-refractivity contribution in [2.24, 2.45) is 5.92 Å². The van der Waals surface area contributed by atoms with Crippen LogP contribution >= 0.6 is 0 Å². The summed E-state index contributed by atoms with van der Waals surface area (Å²) < 4.78 is 4.91. The third kappa shape index (κ3) is 2.50. The third-order valence-electron chi connectivity index (χ3n) is 2.98. The Morgan fingerprint density at radius 2 is 2.06 bits per heavy atom. The summed E-state index contributed by atoms with van der Waals surface area (Å²) in [4.78, 5) is 10.9. The van der Waals surface area contributed by atoms with Crippen LogP contribution in [-0.2, 0) is 10.4 Å². The van der Waals surface area contributed by atoms with Crippen molar-refractivity contribution < 1.29 is 24.9 Å². The Hall–Kier alpha value is -1.75. The smallest absolute Gasteiger partial charge is 0.309 e. The normalized spacial score (nSPS) is 16.0. The highest BCUT2D eigenvalue weighted by Gasteiger charge is 2.35. The monoisotopic (exact) mass is 240 g/mol. The zero-order valence-electron chi connectivity index (χ0n) is 9.97. The molecule has 0 fully saturated rings. The van der Waals surface area contributed by atoms with E-state index in [0.717, 1.165) is 0 Å². The van der Waals surface area contributed by atoms with Crippen molar-refractivity contribution in [1.29, 1.82) is 0 Å². The number of methoxy groups -OCH3 is 1. The van der Waals surface area contributed by atoms with E-state index >= 15 is 0 Å². The average molecular weight is 240 g/mol. The van der Waals surface area contributed by atoms with Gasteiger partial charge in [-0.3, -0.25) is 4.79 Å². The molecule has 0 aromatic heterocycles. The first-order chi connectivity index (χ1) is 7.80. The molecule has 0 radical (unpaired) electrons. The molecule has 2 unspecified atom stereocenters. The van der Waals surface area contributed by atoms with Gasteiger partial charge in [0.15, 0.2) is 11.5 Å². The second-order valence-electron chi connectivity index (χ2n) is 4.09. The first kappa shape index (κ1) is 13.3. The number of aliphatic carboxylic acids is 1. The highest BCUT2D eigenvalue weighted by Crippen LogP contribution is 2.35. The fourth-order valence-corrected chi connectivity index (χ4v) is 1.48. The number of rotatable bonds is 4. The summed E-state index contributed by atoms with van der Waals surface area (Å²) in [5.41, 5.74) is -1.16. The molecule has 0 heterocycles. The molecule has 17 heavy (non-hydrogen) atoms. The van der Waals surface area contributed by atoms with E-state index in [0.29, 0.717) is 5.56 Å². The standard InChI is InChI=1S/C12H16O5/c1-7(11(14)15)12(2,16)8-4-5-9(13)10(6-8)17-3/h4-7,13,16H,1-3H3,(H,14,15). The van der Waals surface area contributed by atoms with Crippen LogP contribution in [0.15, 0.2) is 18.2 Å². The lowest BCUT2D eigenvalue weighted by atomic mass is 9.84. The first-order valence-corrected chi connectivity index (χ1v) is 5.13. The maximum atomic E-state index is 10.9. The molecule has 1 rings (SSSR count). The summed E-state index contributed by atoms with van der Waals surface area (Å²) >= 11 is 0. The first-order valence-electron chi connectivity index (χ1n) is 5.13. The van der Waals surface area contributed by atoms with E-state index in [9.17, 15) is 15.0 Å². The fraction of sp³-hybridized carbons (Fsp3) is 0.417. The van der Waals surface area contributed by atoms with Crippen molar-refractivity contribution >= 4 is 5.97 Å².